The van der Waals surface area contributed by atoms with Crippen molar-refractivity contribution in [1.29, 1.82) is 0 Å². The normalized spacial score (nSPS) is 16.3. The third kappa shape index (κ3) is 3.94. The number of allylic oxidation sites excluding steroid dienone is 1. The van der Waals surface area contributed by atoms with Crippen LogP contribution < -0.4 is 0 Å². The summed E-state index contributed by atoms with van der Waals surface area (Å²) < 4.78 is 0. The van der Waals surface area contributed by atoms with Crippen LogP contribution in [0.1, 0.15) is 33.1 Å². The molecule has 0 fully saturated rings. The summed E-state index contributed by atoms with van der Waals surface area (Å²) in [5.74, 6) is 0.613. The van der Waals surface area contributed by atoms with Gasteiger partial charge in [-0.1, -0.05) is 19.9 Å². The molecule has 0 nitrogen and oxygen atoms in total. The Hall–Kier alpha value is 0.0300. The van der Waals surface area contributed by atoms with E-state index in [9.17, 15) is 0 Å². The molecule has 10 heavy (non-hydrogen) atoms. The standard InChI is InChI=1S/C9H17Cl/c1-4-8(5-2)7-9(10)6-3/h4,8-9H,1,5-7H2,2-3H3. The minimum absolute atomic E-state index is 0.336. The second-order valence-electron chi connectivity index (χ2n) is 2.65. The average Bonchev–Trinajstić information content (AvgIpc) is 1.99. The summed E-state index contributed by atoms with van der Waals surface area (Å²) in [6.45, 7) is 8.05. The fraction of sp³-hybridized carbons (Fsp3) is 0.778. The van der Waals surface area contributed by atoms with E-state index in [1.165, 1.54) is 0 Å². The van der Waals surface area contributed by atoms with E-state index < -0.39 is 0 Å². The van der Waals surface area contributed by atoms with Crippen LogP contribution in [0.3, 0.4) is 0 Å². The maximum atomic E-state index is 5.97. The zero-order chi connectivity index (χ0) is 7.98. The molecule has 0 heterocycles. The second-order valence-corrected chi connectivity index (χ2v) is 3.26. The van der Waals surface area contributed by atoms with Crippen molar-refractivity contribution in [2.24, 2.45) is 5.92 Å². The molecular weight excluding hydrogens is 144 g/mol. The molecule has 0 aliphatic carbocycles. The molecule has 0 aliphatic heterocycles. The monoisotopic (exact) mass is 160 g/mol. The van der Waals surface area contributed by atoms with Crippen molar-refractivity contribution in [1.82, 2.24) is 0 Å². The van der Waals surface area contributed by atoms with E-state index in [-0.39, 0.29) is 0 Å². The fourth-order valence-corrected chi connectivity index (χ4v) is 1.15. The van der Waals surface area contributed by atoms with Crippen molar-refractivity contribution in [2.45, 2.75) is 38.5 Å². The number of hydrogen-bond acceptors (Lipinski definition) is 0. The molecule has 0 N–H and O–H groups in total. The van der Waals surface area contributed by atoms with E-state index in [0.717, 1.165) is 19.3 Å². The van der Waals surface area contributed by atoms with Crippen LogP contribution in [-0.4, -0.2) is 5.38 Å². The van der Waals surface area contributed by atoms with Gasteiger partial charge in [0.1, 0.15) is 0 Å². The van der Waals surface area contributed by atoms with Crippen LogP contribution in [0.25, 0.3) is 0 Å². The van der Waals surface area contributed by atoms with Gasteiger partial charge in [0.05, 0.1) is 0 Å². The van der Waals surface area contributed by atoms with Gasteiger partial charge < -0.3 is 0 Å². The third-order valence-corrected chi connectivity index (χ3v) is 2.35. The quantitative estimate of drug-likeness (QED) is 0.426. The molecular formula is C9H17Cl. The van der Waals surface area contributed by atoms with Crippen molar-refractivity contribution < 1.29 is 0 Å². The van der Waals surface area contributed by atoms with Crippen molar-refractivity contribution >= 4 is 11.6 Å². The predicted molar refractivity (Wildman–Crippen MR) is 48.5 cm³/mol. The molecule has 0 saturated heterocycles. The highest BCUT2D eigenvalue weighted by molar-refractivity contribution is 6.20. The van der Waals surface area contributed by atoms with Gasteiger partial charge in [-0.05, 0) is 25.2 Å². The summed E-state index contributed by atoms with van der Waals surface area (Å²) >= 11 is 5.97. The number of halogens is 1. The van der Waals surface area contributed by atoms with Crippen LogP contribution in [0, 0.1) is 5.92 Å². The molecule has 0 radical (unpaired) electrons. The Morgan fingerprint density at radius 3 is 2.30 bits per heavy atom. The summed E-state index contributed by atoms with van der Waals surface area (Å²) in [6.07, 6.45) is 5.31. The minimum atomic E-state index is 0.336. The van der Waals surface area contributed by atoms with Crippen LogP contribution in [0.2, 0.25) is 0 Å². The van der Waals surface area contributed by atoms with Crippen LogP contribution in [0.4, 0.5) is 0 Å². The summed E-state index contributed by atoms with van der Waals surface area (Å²) in [7, 11) is 0. The van der Waals surface area contributed by atoms with Crippen LogP contribution in [-0.2, 0) is 0 Å². The topological polar surface area (TPSA) is 0 Å². The van der Waals surface area contributed by atoms with Crippen molar-refractivity contribution in [2.75, 3.05) is 0 Å². The molecule has 0 spiro atoms. The van der Waals surface area contributed by atoms with Crippen molar-refractivity contribution in [3.63, 3.8) is 0 Å². The Balaban J connectivity index is 3.51. The predicted octanol–water partition coefficient (Wildman–Crippen LogP) is 3.61. The van der Waals surface area contributed by atoms with Gasteiger partial charge in [0, 0.05) is 5.38 Å². The van der Waals surface area contributed by atoms with E-state index in [1.807, 2.05) is 6.08 Å². The number of alkyl halides is 1. The summed E-state index contributed by atoms with van der Waals surface area (Å²) in [6, 6.07) is 0. The van der Waals surface area contributed by atoms with E-state index in [1.54, 1.807) is 0 Å². The molecule has 0 saturated carbocycles. The third-order valence-electron chi connectivity index (χ3n) is 1.86. The largest absolute Gasteiger partial charge is 0.123 e. The molecule has 0 aliphatic rings. The Bertz CT molecular complexity index is 88.7. The first-order valence-corrected chi connectivity index (χ1v) is 4.44. The Labute approximate surface area is 69.3 Å². The van der Waals surface area contributed by atoms with Gasteiger partial charge in [0.25, 0.3) is 0 Å². The minimum Gasteiger partial charge on any atom is -0.123 e. The zero-order valence-electron chi connectivity index (χ0n) is 6.94. The maximum absolute atomic E-state index is 5.97. The molecule has 2 atom stereocenters. The van der Waals surface area contributed by atoms with Crippen LogP contribution in [0.15, 0.2) is 12.7 Å². The molecule has 0 aromatic rings. The van der Waals surface area contributed by atoms with Gasteiger partial charge in [0.15, 0.2) is 0 Å². The first-order valence-electron chi connectivity index (χ1n) is 4.01. The molecule has 0 rings (SSSR count). The molecule has 2 unspecified atom stereocenters. The van der Waals surface area contributed by atoms with Crippen molar-refractivity contribution in [3.8, 4) is 0 Å². The van der Waals surface area contributed by atoms with E-state index in [0.29, 0.717) is 11.3 Å². The first-order chi connectivity index (χ1) is 4.74. The second kappa shape index (κ2) is 5.79. The van der Waals surface area contributed by atoms with Gasteiger partial charge in [-0.3, -0.25) is 0 Å². The lowest BCUT2D eigenvalue weighted by molar-refractivity contribution is 0.546. The molecule has 0 amide bonds. The van der Waals surface area contributed by atoms with Crippen molar-refractivity contribution in [3.05, 3.63) is 12.7 Å². The lowest BCUT2D eigenvalue weighted by Gasteiger charge is -2.12. The molecule has 0 bridgehead atoms. The average molecular weight is 161 g/mol. The molecule has 0 aromatic carbocycles. The number of rotatable bonds is 5. The SMILES string of the molecule is C=CC(CC)CC(Cl)CC. The van der Waals surface area contributed by atoms with Gasteiger partial charge in [-0.25, -0.2) is 0 Å². The van der Waals surface area contributed by atoms with Gasteiger partial charge >= 0.3 is 0 Å². The van der Waals surface area contributed by atoms with E-state index in [4.69, 9.17) is 11.6 Å². The molecule has 1 heteroatoms. The van der Waals surface area contributed by atoms with Crippen LogP contribution >= 0.6 is 11.6 Å². The molecule has 60 valence electrons. The Morgan fingerprint density at radius 2 is 2.00 bits per heavy atom. The van der Waals surface area contributed by atoms with Gasteiger partial charge in [0.2, 0.25) is 0 Å². The highest BCUT2D eigenvalue weighted by Gasteiger charge is 2.07. The Kier molecular flexibility index (Phi) is 5.81. The highest BCUT2D eigenvalue weighted by Crippen LogP contribution is 2.17. The van der Waals surface area contributed by atoms with E-state index in [2.05, 4.69) is 20.4 Å². The van der Waals surface area contributed by atoms with E-state index >= 15 is 0 Å². The first kappa shape index (κ1) is 10.0. The van der Waals surface area contributed by atoms with Gasteiger partial charge in [-0.2, -0.15) is 0 Å². The zero-order valence-corrected chi connectivity index (χ0v) is 7.69. The molecule has 0 aromatic heterocycles. The summed E-state index contributed by atoms with van der Waals surface area (Å²) in [5.41, 5.74) is 0. The fourth-order valence-electron chi connectivity index (χ4n) is 0.925. The summed E-state index contributed by atoms with van der Waals surface area (Å²) in [5, 5.41) is 0.336. The maximum Gasteiger partial charge on any atom is 0.0339 e. The Morgan fingerprint density at radius 1 is 1.40 bits per heavy atom. The highest BCUT2D eigenvalue weighted by atomic mass is 35.5. The van der Waals surface area contributed by atoms with Gasteiger partial charge in [-0.15, -0.1) is 18.2 Å². The lowest BCUT2D eigenvalue weighted by Crippen LogP contribution is -2.04. The number of hydrogen-bond donors (Lipinski definition) is 0. The lowest BCUT2D eigenvalue weighted by atomic mass is 10.00. The van der Waals surface area contributed by atoms with Crippen LogP contribution in [0.5, 0.6) is 0 Å². The summed E-state index contributed by atoms with van der Waals surface area (Å²) in [4.78, 5) is 0. The smallest absolute Gasteiger partial charge is 0.0339 e.